The molecule has 0 aliphatic carbocycles. The zero-order valence-corrected chi connectivity index (χ0v) is 19.8. The smallest absolute Gasteiger partial charge is 0.380 e. The minimum Gasteiger partial charge on any atom is -0.380 e. The maximum Gasteiger partial charge on any atom is 0.418 e. The van der Waals surface area contributed by atoms with Crippen molar-refractivity contribution in [1.82, 2.24) is 4.90 Å². The lowest BCUT2D eigenvalue weighted by Gasteiger charge is -2.25. The number of benzene rings is 2. The van der Waals surface area contributed by atoms with Gasteiger partial charge in [-0.25, -0.2) is 4.99 Å². The fourth-order valence-electron chi connectivity index (χ4n) is 3.47. The van der Waals surface area contributed by atoms with E-state index in [4.69, 9.17) is 0 Å². The topological polar surface area (TPSA) is 77.0 Å². The summed E-state index contributed by atoms with van der Waals surface area (Å²) in [5.74, 6) is -0.766. The number of rotatable bonds is 9. The van der Waals surface area contributed by atoms with Crippen LogP contribution in [0.2, 0.25) is 0 Å². The minimum absolute atomic E-state index is 0.0420. The maximum atomic E-state index is 13.8. The predicted octanol–water partition coefficient (Wildman–Crippen LogP) is 4.29. The Balaban J connectivity index is 1.77. The summed E-state index contributed by atoms with van der Waals surface area (Å²) in [5.41, 5.74) is 0.845. The molecule has 10 heteroatoms. The van der Waals surface area contributed by atoms with Gasteiger partial charge in [0.2, 0.25) is 5.91 Å². The molecular formula is C25H28F3N5O2. The van der Waals surface area contributed by atoms with E-state index in [0.29, 0.717) is 25.3 Å². The van der Waals surface area contributed by atoms with Gasteiger partial charge in [0.15, 0.2) is 0 Å². The van der Waals surface area contributed by atoms with Gasteiger partial charge in [-0.2, -0.15) is 13.2 Å². The molecule has 0 unspecified atom stereocenters. The normalized spacial score (nSPS) is 13.6. The first-order chi connectivity index (χ1) is 16.5. The first-order valence-corrected chi connectivity index (χ1v) is 11.0. The number of aliphatic imine (C=N–C) groups is 1. The van der Waals surface area contributed by atoms with Crippen LogP contribution in [0.5, 0.6) is 0 Å². The third kappa shape index (κ3) is 7.16. The van der Waals surface area contributed by atoms with Gasteiger partial charge < -0.3 is 20.4 Å². The van der Waals surface area contributed by atoms with Gasteiger partial charge in [-0.15, -0.1) is 0 Å². The Morgan fingerprint density at radius 2 is 1.83 bits per heavy atom. The van der Waals surface area contributed by atoms with E-state index in [-0.39, 0.29) is 29.3 Å². The first kappa shape index (κ1) is 26.0. The van der Waals surface area contributed by atoms with E-state index in [1.165, 1.54) is 18.3 Å². The van der Waals surface area contributed by atoms with Gasteiger partial charge in [0, 0.05) is 56.4 Å². The molecule has 2 aromatic rings. The lowest BCUT2D eigenvalue weighted by molar-refractivity contribution is -0.137. The van der Waals surface area contributed by atoms with Crippen LogP contribution < -0.4 is 15.5 Å². The summed E-state index contributed by atoms with van der Waals surface area (Å²) >= 11 is 0. The molecule has 0 saturated carbocycles. The van der Waals surface area contributed by atoms with E-state index in [2.05, 4.69) is 15.6 Å². The molecule has 0 spiro atoms. The molecule has 3 rings (SSSR count). The Morgan fingerprint density at radius 3 is 2.49 bits per heavy atom. The average Bonchev–Trinajstić information content (AvgIpc) is 2.81. The van der Waals surface area contributed by atoms with E-state index in [1.54, 1.807) is 42.3 Å². The van der Waals surface area contributed by atoms with Crippen molar-refractivity contribution in [2.75, 3.05) is 56.3 Å². The fourth-order valence-corrected chi connectivity index (χ4v) is 3.47. The summed E-state index contributed by atoms with van der Waals surface area (Å²) in [5, 5.41) is 5.70. The fraction of sp³-hybridized carbons (Fsp3) is 0.320. The summed E-state index contributed by atoms with van der Waals surface area (Å²) in [4.78, 5) is 31.4. The average molecular weight is 488 g/mol. The lowest BCUT2D eigenvalue weighted by Crippen LogP contribution is -2.30. The molecule has 1 aliphatic rings. The summed E-state index contributed by atoms with van der Waals surface area (Å²) in [6, 6.07) is 10.5. The van der Waals surface area contributed by atoms with Crippen molar-refractivity contribution in [2.45, 2.75) is 12.6 Å². The molecule has 1 aliphatic heterocycles. The molecule has 2 aromatic carbocycles. The molecule has 7 nitrogen and oxygen atoms in total. The second kappa shape index (κ2) is 11.2. The largest absolute Gasteiger partial charge is 0.418 e. The molecular weight excluding hydrogens is 459 g/mol. The number of carbonyl (C=O) groups is 2. The zero-order valence-electron chi connectivity index (χ0n) is 19.8. The number of anilines is 3. The van der Waals surface area contributed by atoms with Crippen LogP contribution in [-0.4, -0.2) is 63.7 Å². The number of likely N-dealkylation sites (N-methyl/N-ethyl adjacent to an activating group) is 2. The number of carbonyl (C=O) groups excluding carboxylic acids is 2. The zero-order chi connectivity index (χ0) is 25.6. The number of nitrogens with zero attached hydrogens (tertiary/aromatic N) is 3. The number of nitrogens with one attached hydrogen (secondary N) is 2. The third-order valence-electron chi connectivity index (χ3n) is 5.42. The van der Waals surface area contributed by atoms with Gasteiger partial charge in [-0.1, -0.05) is 18.2 Å². The molecule has 2 amide bonds. The Labute approximate surface area is 202 Å². The van der Waals surface area contributed by atoms with Gasteiger partial charge in [-0.3, -0.25) is 9.59 Å². The van der Waals surface area contributed by atoms with Gasteiger partial charge >= 0.3 is 6.18 Å². The number of hydrogen-bond acceptors (Lipinski definition) is 5. The molecule has 0 atom stereocenters. The summed E-state index contributed by atoms with van der Waals surface area (Å²) < 4.78 is 41.5. The van der Waals surface area contributed by atoms with Crippen LogP contribution >= 0.6 is 0 Å². The van der Waals surface area contributed by atoms with Crippen molar-refractivity contribution >= 4 is 35.1 Å². The number of dihydropyridines is 1. The predicted molar refractivity (Wildman–Crippen MR) is 132 cm³/mol. The molecule has 186 valence electrons. The van der Waals surface area contributed by atoms with E-state index in [1.807, 2.05) is 19.0 Å². The van der Waals surface area contributed by atoms with Crippen LogP contribution in [0.25, 0.3) is 0 Å². The highest BCUT2D eigenvalue weighted by Gasteiger charge is 2.35. The maximum absolute atomic E-state index is 13.8. The molecule has 0 bridgehead atoms. The Morgan fingerprint density at radius 1 is 1.09 bits per heavy atom. The van der Waals surface area contributed by atoms with E-state index in [0.717, 1.165) is 11.6 Å². The summed E-state index contributed by atoms with van der Waals surface area (Å²) in [7, 11) is 5.31. The van der Waals surface area contributed by atoms with Crippen molar-refractivity contribution in [2.24, 2.45) is 4.99 Å². The second-order valence-electron chi connectivity index (χ2n) is 8.44. The molecule has 0 saturated heterocycles. The van der Waals surface area contributed by atoms with Crippen molar-refractivity contribution in [1.29, 1.82) is 0 Å². The molecule has 0 fully saturated rings. The van der Waals surface area contributed by atoms with Crippen molar-refractivity contribution in [3.8, 4) is 0 Å². The number of halogens is 3. The van der Waals surface area contributed by atoms with Crippen molar-refractivity contribution < 1.29 is 22.8 Å². The number of amides is 2. The van der Waals surface area contributed by atoms with Gasteiger partial charge in [-0.05, 0) is 50.0 Å². The second-order valence-corrected chi connectivity index (χ2v) is 8.44. The number of para-hydroxylation sites is 1. The van der Waals surface area contributed by atoms with Crippen LogP contribution in [-0.2, 0) is 11.0 Å². The Bertz CT molecular complexity index is 1140. The Hall–Kier alpha value is -3.66. The highest BCUT2D eigenvalue weighted by molar-refractivity contribution is 6.08. The van der Waals surface area contributed by atoms with Crippen LogP contribution in [0.3, 0.4) is 0 Å². The quantitative estimate of drug-likeness (QED) is 0.552. The SMILES string of the molecule is CN(C)CCN(C)c1ccc(NC(=O)c2ccccc2NCC2=CCC(=O)N=C2)cc1C(F)(F)F. The van der Waals surface area contributed by atoms with E-state index < -0.39 is 17.6 Å². The van der Waals surface area contributed by atoms with Crippen molar-refractivity contribution in [3.05, 3.63) is 65.2 Å². The lowest BCUT2D eigenvalue weighted by atomic mass is 10.1. The molecule has 0 radical (unpaired) electrons. The summed E-state index contributed by atoms with van der Waals surface area (Å²) in [6.07, 6.45) is -1.14. The van der Waals surface area contributed by atoms with Crippen LogP contribution in [0, 0.1) is 0 Å². The Kier molecular flexibility index (Phi) is 8.29. The van der Waals surface area contributed by atoms with Crippen LogP contribution in [0.1, 0.15) is 22.3 Å². The highest BCUT2D eigenvalue weighted by Crippen LogP contribution is 2.38. The monoisotopic (exact) mass is 487 g/mol. The number of hydrogen-bond donors (Lipinski definition) is 2. The van der Waals surface area contributed by atoms with E-state index >= 15 is 0 Å². The molecule has 0 aromatic heterocycles. The van der Waals surface area contributed by atoms with Gasteiger partial charge in [0.25, 0.3) is 5.91 Å². The molecule has 35 heavy (non-hydrogen) atoms. The van der Waals surface area contributed by atoms with E-state index in [9.17, 15) is 22.8 Å². The van der Waals surface area contributed by atoms with Crippen LogP contribution in [0.15, 0.2) is 59.1 Å². The number of alkyl halides is 3. The van der Waals surface area contributed by atoms with Crippen molar-refractivity contribution in [3.63, 3.8) is 0 Å². The highest BCUT2D eigenvalue weighted by atomic mass is 19.4. The van der Waals surface area contributed by atoms with Gasteiger partial charge in [0.1, 0.15) is 0 Å². The first-order valence-electron chi connectivity index (χ1n) is 11.0. The molecule has 1 heterocycles. The molecule has 2 N–H and O–H groups in total. The minimum atomic E-state index is -4.58. The third-order valence-corrected chi connectivity index (χ3v) is 5.42. The standard InChI is InChI=1S/C25H28F3N5O2/c1-32(2)12-13-33(3)22-10-9-18(14-20(22)25(26,27)28)31-24(35)19-6-4-5-7-21(19)29-15-17-8-11-23(34)30-16-17/h4-10,14,16,29H,11-13,15H2,1-3H3,(H,31,35). The van der Waals surface area contributed by atoms with Crippen LogP contribution in [0.4, 0.5) is 30.2 Å². The summed E-state index contributed by atoms with van der Waals surface area (Å²) in [6.45, 7) is 1.35. The van der Waals surface area contributed by atoms with Gasteiger partial charge in [0.05, 0.1) is 11.1 Å².